The highest BCUT2D eigenvalue weighted by molar-refractivity contribution is 8.14. The van der Waals surface area contributed by atoms with Gasteiger partial charge in [-0.1, -0.05) is 60.8 Å². The van der Waals surface area contributed by atoms with Crippen molar-refractivity contribution in [3.63, 3.8) is 0 Å². The average Bonchev–Trinajstić information content (AvgIpc) is 2.52. The summed E-state index contributed by atoms with van der Waals surface area (Å²) in [5.41, 5.74) is 5.50. The zero-order valence-corrected chi connectivity index (χ0v) is 15.9. The summed E-state index contributed by atoms with van der Waals surface area (Å²) in [6.07, 6.45) is 0. The monoisotopic (exact) mass is 408 g/mol. The van der Waals surface area contributed by atoms with Crippen LogP contribution in [0.5, 0.6) is 0 Å². The molecular formula is C14H20N2O6S3. The minimum absolute atomic E-state index is 0.0799. The van der Waals surface area contributed by atoms with Crippen molar-refractivity contribution in [2.24, 2.45) is 11.7 Å². The number of aliphatic carboxylic acids is 1. The van der Waals surface area contributed by atoms with Gasteiger partial charge in [0.05, 0.1) is 11.7 Å². The number of hydrogen-bond acceptors (Lipinski definition) is 7. The number of nitrogens with two attached hydrogens (primary N) is 1. The van der Waals surface area contributed by atoms with Crippen LogP contribution in [0.15, 0.2) is 30.3 Å². The minimum Gasteiger partial charge on any atom is -0.481 e. The van der Waals surface area contributed by atoms with Crippen molar-refractivity contribution in [3.8, 4) is 0 Å². The lowest BCUT2D eigenvalue weighted by Crippen LogP contribution is -2.13. The highest BCUT2D eigenvalue weighted by Crippen LogP contribution is 2.15. The lowest BCUT2D eigenvalue weighted by atomic mass is 10.2. The third-order valence-corrected chi connectivity index (χ3v) is 5.36. The first-order valence-electron chi connectivity index (χ1n) is 6.90. The molecule has 0 aliphatic heterocycles. The Morgan fingerprint density at radius 1 is 1.24 bits per heavy atom. The molecule has 1 rings (SSSR count). The fourth-order valence-electron chi connectivity index (χ4n) is 1.19. The zero-order chi connectivity index (χ0) is 19.5. The van der Waals surface area contributed by atoms with Gasteiger partial charge in [0, 0.05) is 17.1 Å². The van der Waals surface area contributed by atoms with E-state index in [0.717, 1.165) is 23.5 Å². The van der Waals surface area contributed by atoms with Gasteiger partial charge in [0.15, 0.2) is 5.17 Å². The van der Waals surface area contributed by atoms with Crippen molar-refractivity contribution < 1.29 is 27.7 Å². The number of carboxylic acid groups (broad SMARTS) is 1. The Bertz CT molecular complexity index is 679. The number of carbonyl (C=O) groups excluding carboxylic acids is 1. The third-order valence-electron chi connectivity index (χ3n) is 2.49. The molecule has 25 heavy (non-hydrogen) atoms. The van der Waals surface area contributed by atoms with Crippen molar-refractivity contribution in [1.29, 1.82) is 5.41 Å². The molecule has 11 heteroatoms. The topological polar surface area (TPSA) is 159 Å². The SMILES string of the molecule is CC(CSC(=O)c1ccccc1)C(=O)O.N=C(N)SCCS(=O)(=O)O. The number of rotatable bonds is 7. The molecule has 0 spiro atoms. The zero-order valence-electron chi connectivity index (χ0n) is 13.4. The van der Waals surface area contributed by atoms with Crippen LogP contribution in [0.2, 0.25) is 0 Å². The molecule has 0 saturated carbocycles. The summed E-state index contributed by atoms with van der Waals surface area (Å²) in [7, 11) is -3.89. The Hall–Kier alpha value is -1.56. The van der Waals surface area contributed by atoms with Gasteiger partial charge in [-0.15, -0.1) is 0 Å². The number of nitrogens with one attached hydrogen (secondary N) is 1. The van der Waals surface area contributed by atoms with Crippen LogP contribution in [0.1, 0.15) is 17.3 Å². The van der Waals surface area contributed by atoms with E-state index in [-0.39, 0.29) is 21.8 Å². The number of carbonyl (C=O) groups is 2. The predicted molar refractivity (Wildman–Crippen MR) is 101 cm³/mol. The van der Waals surface area contributed by atoms with Crippen LogP contribution in [-0.4, -0.2) is 51.6 Å². The van der Waals surface area contributed by atoms with E-state index in [9.17, 15) is 18.0 Å². The number of amidine groups is 1. The molecule has 0 fully saturated rings. The molecule has 0 heterocycles. The molecule has 0 saturated heterocycles. The maximum Gasteiger partial charge on any atom is 0.307 e. The van der Waals surface area contributed by atoms with Crippen molar-refractivity contribution in [2.45, 2.75) is 6.92 Å². The largest absolute Gasteiger partial charge is 0.481 e. The van der Waals surface area contributed by atoms with Gasteiger partial charge in [-0.25, -0.2) is 0 Å². The van der Waals surface area contributed by atoms with E-state index in [1.165, 1.54) is 0 Å². The van der Waals surface area contributed by atoms with Crippen LogP contribution in [0.4, 0.5) is 0 Å². The lowest BCUT2D eigenvalue weighted by molar-refractivity contribution is -0.140. The van der Waals surface area contributed by atoms with Crippen LogP contribution < -0.4 is 5.73 Å². The van der Waals surface area contributed by atoms with E-state index in [2.05, 4.69) is 0 Å². The first-order valence-corrected chi connectivity index (χ1v) is 10.5. The Kier molecular flexibility index (Phi) is 11.2. The standard InChI is InChI=1S/C11H12O3S.C3H8N2O3S2/c1-8(10(12)13)7-15-11(14)9-5-3-2-4-6-9;4-3(5)9-1-2-10(6,7)8/h2-6,8H,7H2,1H3,(H,12,13);1-2H2,(H3,4,5)(H,6,7,8). The van der Waals surface area contributed by atoms with E-state index in [1.807, 2.05) is 6.07 Å². The molecule has 1 aromatic carbocycles. The molecular weight excluding hydrogens is 388 g/mol. The smallest absolute Gasteiger partial charge is 0.307 e. The normalized spacial score (nSPS) is 11.8. The van der Waals surface area contributed by atoms with Crippen LogP contribution in [0.25, 0.3) is 0 Å². The molecule has 0 amide bonds. The van der Waals surface area contributed by atoms with Gasteiger partial charge < -0.3 is 10.8 Å². The summed E-state index contributed by atoms with van der Waals surface area (Å²) in [5.74, 6) is -1.31. The van der Waals surface area contributed by atoms with E-state index in [0.29, 0.717) is 11.3 Å². The quantitative estimate of drug-likeness (QED) is 0.299. The molecule has 1 atom stereocenters. The van der Waals surface area contributed by atoms with E-state index >= 15 is 0 Å². The van der Waals surface area contributed by atoms with Crippen molar-refractivity contribution in [3.05, 3.63) is 35.9 Å². The summed E-state index contributed by atoms with van der Waals surface area (Å²) in [4.78, 5) is 22.1. The van der Waals surface area contributed by atoms with Gasteiger partial charge >= 0.3 is 5.97 Å². The molecule has 140 valence electrons. The Morgan fingerprint density at radius 3 is 2.24 bits per heavy atom. The summed E-state index contributed by atoms with van der Waals surface area (Å²) in [6.45, 7) is 1.59. The first kappa shape index (κ1) is 23.4. The van der Waals surface area contributed by atoms with Crippen LogP contribution in [0, 0.1) is 11.3 Å². The van der Waals surface area contributed by atoms with Crippen molar-refractivity contribution in [2.75, 3.05) is 17.3 Å². The van der Waals surface area contributed by atoms with E-state index in [1.54, 1.807) is 31.2 Å². The molecule has 5 N–H and O–H groups in total. The van der Waals surface area contributed by atoms with Gasteiger partial charge in [-0.3, -0.25) is 19.6 Å². The van der Waals surface area contributed by atoms with Gasteiger partial charge in [0.1, 0.15) is 0 Å². The highest BCUT2D eigenvalue weighted by Gasteiger charge is 2.14. The number of carboxylic acids is 1. The first-order chi connectivity index (χ1) is 11.5. The molecule has 0 aliphatic rings. The maximum atomic E-state index is 11.5. The number of benzene rings is 1. The lowest BCUT2D eigenvalue weighted by Gasteiger charge is -2.04. The second-order valence-electron chi connectivity index (χ2n) is 4.70. The third kappa shape index (κ3) is 13.4. The van der Waals surface area contributed by atoms with Gasteiger partial charge in [-0.05, 0) is 0 Å². The Morgan fingerprint density at radius 2 is 1.80 bits per heavy atom. The average molecular weight is 409 g/mol. The van der Waals surface area contributed by atoms with Crippen LogP contribution in [-0.2, 0) is 14.9 Å². The fourth-order valence-corrected chi connectivity index (χ4v) is 3.43. The molecule has 1 unspecified atom stereocenters. The molecule has 0 radical (unpaired) electrons. The summed E-state index contributed by atoms with van der Waals surface area (Å²) in [6, 6.07) is 8.85. The maximum absolute atomic E-state index is 11.5. The molecule has 0 aliphatic carbocycles. The summed E-state index contributed by atoms with van der Waals surface area (Å²) in [5, 5.41) is 15.1. The van der Waals surface area contributed by atoms with Gasteiger partial charge in [0.25, 0.3) is 10.1 Å². The molecule has 1 aromatic rings. The molecule has 8 nitrogen and oxygen atoms in total. The Labute approximate surface area is 154 Å². The molecule has 0 bridgehead atoms. The minimum atomic E-state index is -3.89. The van der Waals surface area contributed by atoms with Gasteiger partial charge in [-0.2, -0.15) is 8.42 Å². The molecule has 0 aromatic heterocycles. The predicted octanol–water partition coefficient (Wildman–Crippen LogP) is 1.78. The second-order valence-corrected chi connectivity index (χ2v) is 8.40. The van der Waals surface area contributed by atoms with Crippen LogP contribution >= 0.6 is 23.5 Å². The fraction of sp³-hybridized carbons (Fsp3) is 0.357. The number of hydrogen-bond donors (Lipinski definition) is 4. The summed E-state index contributed by atoms with van der Waals surface area (Å²) < 4.78 is 28.3. The Balaban J connectivity index is 0.000000504. The van der Waals surface area contributed by atoms with E-state index in [4.69, 9.17) is 20.8 Å². The second kappa shape index (κ2) is 11.9. The van der Waals surface area contributed by atoms with E-state index < -0.39 is 22.0 Å². The highest BCUT2D eigenvalue weighted by atomic mass is 32.2. The van der Waals surface area contributed by atoms with Gasteiger partial charge in [0.2, 0.25) is 5.12 Å². The summed E-state index contributed by atoms with van der Waals surface area (Å²) >= 11 is 1.93. The number of thioether (sulfide) groups is 2. The van der Waals surface area contributed by atoms with Crippen LogP contribution in [0.3, 0.4) is 0 Å². The van der Waals surface area contributed by atoms with Crippen molar-refractivity contribution >= 4 is 49.9 Å². The van der Waals surface area contributed by atoms with Crippen molar-refractivity contribution in [1.82, 2.24) is 0 Å².